The van der Waals surface area contributed by atoms with E-state index in [0.29, 0.717) is 23.0 Å². The SMILES string of the molecule is COc1c(C=O)cc2cccc(OC)c2c1O. The Morgan fingerprint density at radius 1 is 1.24 bits per heavy atom. The smallest absolute Gasteiger partial charge is 0.171 e. The van der Waals surface area contributed by atoms with Crippen molar-refractivity contribution in [1.29, 1.82) is 0 Å². The van der Waals surface area contributed by atoms with Gasteiger partial charge in [-0.25, -0.2) is 0 Å². The molecule has 0 aliphatic heterocycles. The number of benzene rings is 2. The first-order valence-electron chi connectivity index (χ1n) is 5.04. The Morgan fingerprint density at radius 3 is 2.59 bits per heavy atom. The summed E-state index contributed by atoms with van der Waals surface area (Å²) in [5.41, 5.74) is 0.311. The number of carbonyl (C=O) groups is 1. The topological polar surface area (TPSA) is 55.8 Å². The van der Waals surface area contributed by atoms with Crippen molar-refractivity contribution >= 4 is 17.1 Å². The number of hydrogen-bond donors (Lipinski definition) is 1. The molecule has 4 nitrogen and oxygen atoms in total. The third-order valence-corrected chi connectivity index (χ3v) is 2.63. The van der Waals surface area contributed by atoms with Crippen molar-refractivity contribution in [2.75, 3.05) is 14.2 Å². The molecule has 0 unspecified atom stereocenters. The highest BCUT2D eigenvalue weighted by molar-refractivity contribution is 6.00. The summed E-state index contributed by atoms with van der Waals surface area (Å²) in [5.74, 6) is 0.622. The number of aromatic hydroxyl groups is 1. The zero-order valence-electron chi connectivity index (χ0n) is 9.56. The normalized spacial score (nSPS) is 10.2. The third kappa shape index (κ3) is 1.67. The number of phenols is 1. The van der Waals surface area contributed by atoms with Crippen molar-refractivity contribution in [2.24, 2.45) is 0 Å². The summed E-state index contributed by atoms with van der Waals surface area (Å²) in [6.07, 6.45) is 0.650. The van der Waals surface area contributed by atoms with Crippen LogP contribution in [-0.4, -0.2) is 25.6 Å². The second-order valence-corrected chi connectivity index (χ2v) is 3.52. The summed E-state index contributed by atoms with van der Waals surface area (Å²) in [4.78, 5) is 10.9. The first-order chi connectivity index (χ1) is 8.22. The Morgan fingerprint density at radius 2 is 2.00 bits per heavy atom. The van der Waals surface area contributed by atoms with Crippen LogP contribution in [-0.2, 0) is 0 Å². The lowest BCUT2D eigenvalue weighted by Gasteiger charge is -2.12. The van der Waals surface area contributed by atoms with Crippen LogP contribution in [0.4, 0.5) is 0 Å². The zero-order chi connectivity index (χ0) is 12.4. The molecule has 88 valence electrons. The van der Waals surface area contributed by atoms with Crippen molar-refractivity contribution < 1.29 is 19.4 Å². The summed E-state index contributed by atoms with van der Waals surface area (Å²) < 4.78 is 10.2. The summed E-state index contributed by atoms with van der Waals surface area (Å²) in [7, 11) is 2.93. The van der Waals surface area contributed by atoms with Gasteiger partial charge in [0.1, 0.15) is 5.75 Å². The monoisotopic (exact) mass is 232 g/mol. The first kappa shape index (κ1) is 11.3. The molecular weight excluding hydrogens is 220 g/mol. The highest BCUT2D eigenvalue weighted by Gasteiger charge is 2.15. The van der Waals surface area contributed by atoms with Gasteiger partial charge in [-0.05, 0) is 17.5 Å². The van der Waals surface area contributed by atoms with Gasteiger partial charge in [-0.1, -0.05) is 12.1 Å². The maximum Gasteiger partial charge on any atom is 0.171 e. The van der Waals surface area contributed by atoms with Gasteiger partial charge in [0.2, 0.25) is 0 Å². The standard InChI is InChI=1S/C13H12O4/c1-16-10-5-3-4-8-6-9(7-14)13(17-2)12(15)11(8)10/h3-7,15H,1-2H3. The van der Waals surface area contributed by atoms with E-state index in [1.54, 1.807) is 24.3 Å². The van der Waals surface area contributed by atoms with Crippen LogP contribution < -0.4 is 9.47 Å². The van der Waals surface area contributed by atoms with Crippen molar-refractivity contribution in [3.05, 3.63) is 29.8 Å². The zero-order valence-corrected chi connectivity index (χ0v) is 9.56. The molecule has 0 bridgehead atoms. The molecule has 2 rings (SSSR count). The van der Waals surface area contributed by atoms with E-state index in [2.05, 4.69) is 0 Å². The Bertz CT molecular complexity index is 575. The van der Waals surface area contributed by atoms with Crippen LogP contribution in [0, 0.1) is 0 Å². The van der Waals surface area contributed by atoms with Crippen LogP contribution in [0.1, 0.15) is 10.4 Å². The largest absolute Gasteiger partial charge is 0.504 e. The fourth-order valence-electron chi connectivity index (χ4n) is 1.88. The van der Waals surface area contributed by atoms with Gasteiger partial charge in [0, 0.05) is 0 Å². The molecule has 0 heterocycles. The number of phenolic OH excluding ortho intramolecular Hbond substituents is 1. The van der Waals surface area contributed by atoms with Gasteiger partial charge in [-0.3, -0.25) is 4.79 Å². The average molecular weight is 232 g/mol. The first-order valence-corrected chi connectivity index (χ1v) is 5.04. The summed E-state index contributed by atoms with van der Waals surface area (Å²) in [5, 5.41) is 11.4. The number of rotatable bonds is 3. The molecule has 0 aliphatic carbocycles. The second kappa shape index (κ2) is 4.33. The van der Waals surface area contributed by atoms with Gasteiger partial charge >= 0.3 is 0 Å². The van der Waals surface area contributed by atoms with E-state index in [-0.39, 0.29) is 11.5 Å². The number of aldehydes is 1. The van der Waals surface area contributed by atoms with Crippen molar-refractivity contribution in [2.45, 2.75) is 0 Å². The molecule has 0 radical (unpaired) electrons. The maximum absolute atomic E-state index is 10.9. The highest BCUT2D eigenvalue weighted by atomic mass is 16.5. The van der Waals surface area contributed by atoms with Gasteiger partial charge < -0.3 is 14.6 Å². The molecule has 0 saturated heterocycles. The van der Waals surface area contributed by atoms with Crippen LogP contribution in [0.15, 0.2) is 24.3 Å². The Labute approximate surface area is 98.4 Å². The van der Waals surface area contributed by atoms with Gasteiger partial charge in [-0.15, -0.1) is 0 Å². The lowest BCUT2D eigenvalue weighted by molar-refractivity contribution is 0.112. The average Bonchev–Trinajstić information content (AvgIpc) is 2.37. The Kier molecular flexibility index (Phi) is 2.87. The van der Waals surface area contributed by atoms with E-state index in [0.717, 1.165) is 5.39 Å². The molecular formula is C13H12O4. The fraction of sp³-hybridized carbons (Fsp3) is 0.154. The Hall–Kier alpha value is -2.23. The Balaban J connectivity index is 2.90. The van der Waals surface area contributed by atoms with E-state index < -0.39 is 0 Å². The summed E-state index contributed by atoms with van der Waals surface area (Å²) in [6, 6.07) is 6.98. The van der Waals surface area contributed by atoms with E-state index in [1.807, 2.05) is 0 Å². The lowest BCUT2D eigenvalue weighted by Crippen LogP contribution is -1.93. The molecule has 0 spiro atoms. The minimum absolute atomic E-state index is 0.0791. The summed E-state index contributed by atoms with van der Waals surface area (Å²) in [6.45, 7) is 0. The van der Waals surface area contributed by atoms with Gasteiger partial charge in [0.25, 0.3) is 0 Å². The van der Waals surface area contributed by atoms with Crippen LogP contribution in [0.5, 0.6) is 17.2 Å². The molecule has 2 aromatic carbocycles. The molecule has 0 aliphatic rings. The quantitative estimate of drug-likeness (QED) is 0.825. The minimum Gasteiger partial charge on any atom is -0.504 e. The molecule has 0 aromatic heterocycles. The summed E-state index contributed by atoms with van der Waals surface area (Å²) >= 11 is 0. The molecule has 0 amide bonds. The number of methoxy groups -OCH3 is 2. The van der Waals surface area contributed by atoms with Crippen molar-refractivity contribution in [3.8, 4) is 17.2 Å². The van der Waals surface area contributed by atoms with Crippen LogP contribution in [0.2, 0.25) is 0 Å². The number of hydrogen-bond acceptors (Lipinski definition) is 4. The minimum atomic E-state index is -0.0791. The van der Waals surface area contributed by atoms with E-state index in [4.69, 9.17) is 9.47 Å². The van der Waals surface area contributed by atoms with Crippen molar-refractivity contribution in [1.82, 2.24) is 0 Å². The molecule has 1 N–H and O–H groups in total. The molecule has 0 fully saturated rings. The fourth-order valence-corrected chi connectivity index (χ4v) is 1.88. The molecule has 0 saturated carbocycles. The number of ether oxygens (including phenoxy) is 2. The second-order valence-electron chi connectivity index (χ2n) is 3.52. The number of fused-ring (bicyclic) bond motifs is 1. The maximum atomic E-state index is 10.9. The van der Waals surface area contributed by atoms with E-state index in [9.17, 15) is 9.90 Å². The molecule has 2 aromatic rings. The predicted molar refractivity (Wildman–Crippen MR) is 64.1 cm³/mol. The molecule has 0 atom stereocenters. The van der Waals surface area contributed by atoms with Gasteiger partial charge in [0.05, 0.1) is 25.2 Å². The van der Waals surface area contributed by atoms with Gasteiger partial charge in [0.15, 0.2) is 17.8 Å². The van der Waals surface area contributed by atoms with Crippen molar-refractivity contribution in [3.63, 3.8) is 0 Å². The van der Waals surface area contributed by atoms with Crippen LogP contribution in [0.3, 0.4) is 0 Å². The van der Waals surface area contributed by atoms with E-state index >= 15 is 0 Å². The predicted octanol–water partition coefficient (Wildman–Crippen LogP) is 2.38. The molecule has 4 heteroatoms. The highest BCUT2D eigenvalue weighted by Crippen LogP contribution is 2.41. The number of carbonyl (C=O) groups excluding carboxylic acids is 1. The lowest BCUT2D eigenvalue weighted by atomic mass is 10.0. The molecule has 17 heavy (non-hydrogen) atoms. The van der Waals surface area contributed by atoms with Gasteiger partial charge in [-0.2, -0.15) is 0 Å². The third-order valence-electron chi connectivity index (χ3n) is 2.63. The van der Waals surface area contributed by atoms with E-state index in [1.165, 1.54) is 14.2 Å². The van der Waals surface area contributed by atoms with Crippen LogP contribution >= 0.6 is 0 Å². The van der Waals surface area contributed by atoms with Crippen LogP contribution in [0.25, 0.3) is 10.8 Å².